The van der Waals surface area contributed by atoms with Crippen LogP contribution in [0.5, 0.6) is 0 Å². The maximum atomic E-state index is 13.9. The molecule has 5 nitrogen and oxygen atoms in total. The van der Waals surface area contributed by atoms with Gasteiger partial charge in [0.15, 0.2) is 0 Å². The lowest BCUT2D eigenvalue weighted by molar-refractivity contribution is 0.102. The highest BCUT2D eigenvalue weighted by Gasteiger charge is 2.14. The van der Waals surface area contributed by atoms with Gasteiger partial charge in [-0.05, 0) is 42.8 Å². The first kappa shape index (κ1) is 15.1. The third kappa shape index (κ3) is 2.78. The number of aromatic amines is 2. The first-order valence-electron chi connectivity index (χ1n) is 7.81. The molecule has 0 fully saturated rings. The summed E-state index contributed by atoms with van der Waals surface area (Å²) in [5, 5.41) is 10.1. The van der Waals surface area contributed by atoms with Crippen LogP contribution in [0.15, 0.2) is 54.7 Å². The number of aromatic nitrogens is 3. The van der Waals surface area contributed by atoms with E-state index < -0.39 is 0 Å². The monoisotopic (exact) mass is 334 g/mol. The Kier molecular flexibility index (Phi) is 3.57. The minimum Gasteiger partial charge on any atom is -0.350 e. The van der Waals surface area contributed by atoms with Gasteiger partial charge in [0.05, 0.1) is 11.2 Å². The van der Waals surface area contributed by atoms with Gasteiger partial charge in [0.2, 0.25) is 0 Å². The molecule has 0 bridgehead atoms. The molecular weight excluding hydrogens is 319 g/mol. The highest BCUT2D eigenvalue weighted by molar-refractivity contribution is 6.06. The lowest BCUT2D eigenvalue weighted by atomic mass is 10.1. The number of hydrogen-bond acceptors (Lipinski definition) is 2. The van der Waals surface area contributed by atoms with Crippen molar-refractivity contribution in [3.05, 3.63) is 71.8 Å². The number of carbonyl (C=O) groups excluding carboxylic acids is 1. The van der Waals surface area contributed by atoms with Crippen LogP contribution in [-0.4, -0.2) is 21.1 Å². The van der Waals surface area contributed by atoms with E-state index in [1.807, 2.05) is 31.2 Å². The molecule has 0 aliphatic heterocycles. The average molecular weight is 334 g/mol. The Labute approximate surface area is 142 Å². The zero-order valence-corrected chi connectivity index (χ0v) is 13.4. The SMILES string of the molecule is Cc1ccc(F)c2cc(C(=O)Nc3cccc(-c4ccn[nH]4)c3)[nH]c12. The number of anilines is 1. The van der Waals surface area contributed by atoms with Crippen molar-refractivity contribution in [2.45, 2.75) is 6.92 Å². The number of carbonyl (C=O) groups is 1. The molecule has 0 aliphatic carbocycles. The summed E-state index contributed by atoms with van der Waals surface area (Å²) in [4.78, 5) is 15.5. The number of hydrogen-bond donors (Lipinski definition) is 3. The molecule has 6 heteroatoms. The third-order valence-electron chi connectivity index (χ3n) is 4.13. The molecule has 1 amide bonds. The van der Waals surface area contributed by atoms with E-state index >= 15 is 0 Å². The molecule has 0 aliphatic rings. The minimum atomic E-state index is -0.350. The number of amides is 1. The van der Waals surface area contributed by atoms with Gasteiger partial charge in [0, 0.05) is 22.8 Å². The number of halogens is 1. The van der Waals surface area contributed by atoms with Crippen molar-refractivity contribution in [2.75, 3.05) is 5.32 Å². The molecule has 2 aromatic heterocycles. The molecular formula is C19H15FN4O. The fraction of sp³-hybridized carbons (Fsp3) is 0.0526. The molecule has 25 heavy (non-hydrogen) atoms. The zero-order chi connectivity index (χ0) is 17.4. The van der Waals surface area contributed by atoms with Crippen LogP contribution in [0.1, 0.15) is 16.1 Å². The van der Waals surface area contributed by atoms with Gasteiger partial charge in [-0.2, -0.15) is 5.10 Å². The van der Waals surface area contributed by atoms with Crippen LogP contribution in [0.4, 0.5) is 10.1 Å². The molecule has 0 saturated heterocycles. The largest absolute Gasteiger partial charge is 0.350 e. The van der Waals surface area contributed by atoms with E-state index in [9.17, 15) is 9.18 Å². The molecule has 0 unspecified atom stereocenters. The number of nitrogens with one attached hydrogen (secondary N) is 3. The van der Waals surface area contributed by atoms with Gasteiger partial charge in [-0.25, -0.2) is 4.39 Å². The molecule has 2 heterocycles. The van der Waals surface area contributed by atoms with Crippen molar-refractivity contribution < 1.29 is 9.18 Å². The van der Waals surface area contributed by atoms with E-state index in [2.05, 4.69) is 20.5 Å². The summed E-state index contributed by atoms with van der Waals surface area (Å²) in [5.74, 6) is -0.672. The van der Waals surface area contributed by atoms with Crippen LogP contribution < -0.4 is 5.32 Å². The first-order chi connectivity index (χ1) is 12.1. The maximum Gasteiger partial charge on any atom is 0.272 e. The van der Waals surface area contributed by atoms with Crippen molar-refractivity contribution in [1.82, 2.24) is 15.2 Å². The quantitative estimate of drug-likeness (QED) is 0.524. The van der Waals surface area contributed by atoms with Gasteiger partial charge in [-0.1, -0.05) is 18.2 Å². The third-order valence-corrected chi connectivity index (χ3v) is 4.13. The zero-order valence-electron chi connectivity index (χ0n) is 13.4. The Bertz CT molecular complexity index is 1030. The van der Waals surface area contributed by atoms with Gasteiger partial charge < -0.3 is 10.3 Å². The second kappa shape index (κ2) is 5.90. The second-order valence-electron chi connectivity index (χ2n) is 5.84. The van der Waals surface area contributed by atoms with Crippen LogP contribution in [0.2, 0.25) is 0 Å². The van der Waals surface area contributed by atoms with Gasteiger partial charge in [0.1, 0.15) is 11.5 Å². The molecule has 124 valence electrons. The van der Waals surface area contributed by atoms with Crippen LogP contribution >= 0.6 is 0 Å². The Morgan fingerprint density at radius 1 is 1.16 bits per heavy atom. The highest BCUT2D eigenvalue weighted by atomic mass is 19.1. The lowest BCUT2D eigenvalue weighted by Gasteiger charge is -2.05. The van der Waals surface area contributed by atoms with Gasteiger partial charge >= 0.3 is 0 Å². The number of benzene rings is 2. The van der Waals surface area contributed by atoms with Crippen molar-refractivity contribution in [3.63, 3.8) is 0 Å². The number of H-pyrrole nitrogens is 2. The molecule has 4 rings (SSSR count). The van der Waals surface area contributed by atoms with E-state index in [1.54, 1.807) is 18.3 Å². The van der Waals surface area contributed by atoms with E-state index in [4.69, 9.17) is 0 Å². The highest BCUT2D eigenvalue weighted by Crippen LogP contribution is 2.24. The van der Waals surface area contributed by atoms with E-state index in [-0.39, 0.29) is 11.7 Å². The summed E-state index contributed by atoms with van der Waals surface area (Å²) >= 11 is 0. The molecule has 4 aromatic rings. The summed E-state index contributed by atoms with van der Waals surface area (Å²) in [6.07, 6.45) is 1.67. The molecule has 2 aromatic carbocycles. The van der Waals surface area contributed by atoms with Crippen LogP contribution in [-0.2, 0) is 0 Å². The van der Waals surface area contributed by atoms with E-state index in [1.165, 1.54) is 12.1 Å². The minimum absolute atomic E-state index is 0.315. The first-order valence-corrected chi connectivity index (χ1v) is 7.81. The Balaban J connectivity index is 1.63. The summed E-state index contributed by atoms with van der Waals surface area (Å²) in [6.45, 7) is 1.87. The average Bonchev–Trinajstić information content (AvgIpc) is 3.28. The van der Waals surface area contributed by atoms with Crippen molar-refractivity contribution in [3.8, 4) is 11.3 Å². The number of rotatable bonds is 3. The summed E-state index contributed by atoms with van der Waals surface area (Å²) < 4.78 is 13.9. The fourth-order valence-electron chi connectivity index (χ4n) is 2.83. The molecule has 0 spiro atoms. The molecule has 0 atom stereocenters. The molecule has 0 saturated carbocycles. The fourth-order valence-corrected chi connectivity index (χ4v) is 2.83. The van der Waals surface area contributed by atoms with E-state index in [0.29, 0.717) is 22.3 Å². The number of aryl methyl sites for hydroxylation is 1. The van der Waals surface area contributed by atoms with Gasteiger partial charge in [-0.15, -0.1) is 0 Å². The van der Waals surface area contributed by atoms with Gasteiger partial charge in [-0.3, -0.25) is 9.89 Å². The Hall–Kier alpha value is -3.41. The Morgan fingerprint density at radius 3 is 2.80 bits per heavy atom. The van der Waals surface area contributed by atoms with Gasteiger partial charge in [0.25, 0.3) is 5.91 Å². The Morgan fingerprint density at radius 2 is 2.04 bits per heavy atom. The van der Waals surface area contributed by atoms with Crippen LogP contribution in [0.25, 0.3) is 22.2 Å². The standard InChI is InChI=1S/C19H15FN4O/c1-11-5-6-15(20)14-10-17(23-18(11)14)19(25)22-13-4-2-3-12(9-13)16-7-8-21-24-16/h2-10,23H,1H3,(H,21,24)(H,22,25). The topological polar surface area (TPSA) is 73.6 Å². The van der Waals surface area contributed by atoms with Crippen molar-refractivity contribution >= 4 is 22.5 Å². The normalized spacial score (nSPS) is 11.0. The van der Waals surface area contributed by atoms with Crippen LogP contribution in [0.3, 0.4) is 0 Å². The van der Waals surface area contributed by atoms with E-state index in [0.717, 1.165) is 16.8 Å². The maximum absolute atomic E-state index is 13.9. The lowest BCUT2D eigenvalue weighted by Crippen LogP contribution is -2.12. The number of fused-ring (bicyclic) bond motifs is 1. The predicted octanol–water partition coefficient (Wildman–Crippen LogP) is 4.26. The summed E-state index contributed by atoms with van der Waals surface area (Å²) in [6, 6.07) is 13.9. The van der Waals surface area contributed by atoms with Crippen molar-refractivity contribution in [2.24, 2.45) is 0 Å². The smallest absolute Gasteiger partial charge is 0.272 e. The van der Waals surface area contributed by atoms with Crippen LogP contribution in [0, 0.1) is 12.7 Å². The molecule has 3 N–H and O–H groups in total. The second-order valence-corrected chi connectivity index (χ2v) is 5.84. The molecule has 0 radical (unpaired) electrons. The van der Waals surface area contributed by atoms with Crippen molar-refractivity contribution in [1.29, 1.82) is 0 Å². The predicted molar refractivity (Wildman–Crippen MR) is 95.0 cm³/mol. The number of nitrogens with zero attached hydrogens (tertiary/aromatic N) is 1. The summed E-state index contributed by atoms with van der Waals surface area (Å²) in [7, 11) is 0. The summed E-state index contributed by atoms with van der Waals surface area (Å²) in [5.41, 5.74) is 4.25.